The molecule has 1 saturated carbocycles. The summed E-state index contributed by atoms with van der Waals surface area (Å²) >= 11 is 0. The minimum absolute atomic E-state index is 0.320. The van der Waals surface area contributed by atoms with Gasteiger partial charge in [0.25, 0.3) is 0 Å². The van der Waals surface area contributed by atoms with Crippen molar-refractivity contribution in [2.75, 3.05) is 4.90 Å². The fourth-order valence-corrected chi connectivity index (χ4v) is 4.12. The van der Waals surface area contributed by atoms with E-state index in [1.165, 1.54) is 5.56 Å². The molecule has 4 rings (SSSR count). The molecule has 0 bridgehead atoms. The zero-order valence-corrected chi connectivity index (χ0v) is 15.3. The topological polar surface area (TPSA) is 29.5 Å². The monoisotopic (exact) mass is 357 g/mol. The normalized spacial score (nSPS) is 15.3. The Morgan fingerprint density at radius 1 is 0.778 bits per heavy atom. The summed E-state index contributed by atoms with van der Waals surface area (Å²) in [5, 5.41) is 0. The molecule has 0 radical (unpaired) electrons. The Morgan fingerprint density at radius 2 is 1.37 bits per heavy atom. The summed E-state index contributed by atoms with van der Waals surface area (Å²) in [5.41, 5.74) is 1.67. The number of rotatable bonds is 6. The first kappa shape index (κ1) is 17.3. The van der Waals surface area contributed by atoms with Gasteiger partial charge in [0.1, 0.15) is 5.75 Å². The van der Waals surface area contributed by atoms with E-state index in [-0.39, 0.29) is 5.54 Å². The molecule has 1 fully saturated rings. The second-order valence-corrected chi connectivity index (χ2v) is 6.96. The maximum absolute atomic E-state index is 12.3. The Labute approximate surface area is 160 Å². The van der Waals surface area contributed by atoms with Crippen molar-refractivity contribution in [3.05, 3.63) is 90.5 Å². The highest BCUT2D eigenvalue weighted by molar-refractivity contribution is 5.82. The van der Waals surface area contributed by atoms with E-state index < -0.39 is 0 Å². The van der Waals surface area contributed by atoms with Gasteiger partial charge in [0.2, 0.25) is 6.41 Å². The molecule has 3 aromatic rings. The molecule has 0 N–H and O–H groups in total. The first-order valence-corrected chi connectivity index (χ1v) is 9.46. The fraction of sp³-hybridized carbons (Fsp3) is 0.208. The molecule has 0 aromatic heterocycles. The lowest BCUT2D eigenvalue weighted by Crippen LogP contribution is -2.43. The van der Waals surface area contributed by atoms with E-state index in [2.05, 4.69) is 12.1 Å². The molecule has 0 atom stereocenters. The highest BCUT2D eigenvalue weighted by Crippen LogP contribution is 2.47. The standard InChI is InChI=1S/C24H23NO2/c26-19-25(24(17-9-10-18-24)20-11-3-1-4-12-20)22-15-7-8-16-23(22)27-21-13-5-2-6-14-21/h1-8,11-16,19H,9-10,17-18H2. The molecule has 1 aliphatic rings. The molecule has 0 heterocycles. The Morgan fingerprint density at radius 3 is 2.04 bits per heavy atom. The minimum Gasteiger partial charge on any atom is -0.455 e. The number of hydrogen-bond acceptors (Lipinski definition) is 2. The molecular formula is C24H23NO2. The predicted molar refractivity (Wildman–Crippen MR) is 108 cm³/mol. The van der Waals surface area contributed by atoms with Crippen LogP contribution < -0.4 is 9.64 Å². The van der Waals surface area contributed by atoms with Crippen molar-refractivity contribution in [3.63, 3.8) is 0 Å². The fourth-order valence-electron chi connectivity index (χ4n) is 4.12. The molecule has 3 heteroatoms. The third kappa shape index (κ3) is 3.33. The Bertz CT molecular complexity index is 887. The average molecular weight is 357 g/mol. The highest BCUT2D eigenvalue weighted by atomic mass is 16.5. The third-order valence-electron chi connectivity index (χ3n) is 5.40. The zero-order chi connectivity index (χ0) is 18.5. The molecule has 1 amide bonds. The molecular weight excluding hydrogens is 334 g/mol. The highest BCUT2D eigenvalue weighted by Gasteiger charge is 2.42. The zero-order valence-electron chi connectivity index (χ0n) is 15.3. The Balaban J connectivity index is 1.77. The van der Waals surface area contributed by atoms with E-state index in [1.807, 2.05) is 77.7 Å². The molecule has 0 saturated heterocycles. The van der Waals surface area contributed by atoms with Gasteiger partial charge in [-0.3, -0.25) is 4.79 Å². The van der Waals surface area contributed by atoms with Crippen LogP contribution in [0.1, 0.15) is 31.2 Å². The quantitative estimate of drug-likeness (QED) is 0.513. The van der Waals surface area contributed by atoms with Gasteiger partial charge < -0.3 is 9.64 Å². The van der Waals surface area contributed by atoms with Crippen LogP contribution in [0.15, 0.2) is 84.9 Å². The SMILES string of the molecule is O=CN(c1ccccc1Oc1ccccc1)C1(c2ccccc2)CCCC1. The summed E-state index contributed by atoms with van der Waals surface area (Å²) in [4.78, 5) is 14.2. The molecule has 1 aliphatic carbocycles. The van der Waals surface area contributed by atoms with Crippen LogP contribution in [0.3, 0.4) is 0 Å². The van der Waals surface area contributed by atoms with Crippen molar-refractivity contribution < 1.29 is 9.53 Å². The van der Waals surface area contributed by atoms with Gasteiger partial charge in [0.15, 0.2) is 5.75 Å². The number of para-hydroxylation sites is 3. The van der Waals surface area contributed by atoms with Gasteiger partial charge in [-0.05, 0) is 42.7 Å². The first-order chi connectivity index (χ1) is 13.3. The van der Waals surface area contributed by atoms with Crippen LogP contribution in [0, 0.1) is 0 Å². The number of amides is 1. The van der Waals surface area contributed by atoms with Gasteiger partial charge in [-0.1, -0.05) is 73.5 Å². The second-order valence-electron chi connectivity index (χ2n) is 6.96. The molecule has 3 nitrogen and oxygen atoms in total. The van der Waals surface area contributed by atoms with Crippen LogP contribution in [-0.2, 0) is 10.3 Å². The molecule has 27 heavy (non-hydrogen) atoms. The molecule has 0 unspecified atom stereocenters. The average Bonchev–Trinajstić information content (AvgIpc) is 3.22. The first-order valence-electron chi connectivity index (χ1n) is 9.46. The van der Waals surface area contributed by atoms with Crippen LogP contribution >= 0.6 is 0 Å². The lowest BCUT2D eigenvalue weighted by Gasteiger charge is -2.40. The van der Waals surface area contributed by atoms with E-state index >= 15 is 0 Å². The molecule has 136 valence electrons. The molecule has 0 aliphatic heterocycles. The van der Waals surface area contributed by atoms with E-state index in [9.17, 15) is 4.79 Å². The number of hydrogen-bond donors (Lipinski definition) is 0. The van der Waals surface area contributed by atoms with Gasteiger partial charge in [0, 0.05) is 0 Å². The number of benzene rings is 3. The van der Waals surface area contributed by atoms with Crippen molar-refractivity contribution >= 4 is 12.1 Å². The number of anilines is 1. The van der Waals surface area contributed by atoms with Crippen LogP contribution in [0.25, 0.3) is 0 Å². The summed E-state index contributed by atoms with van der Waals surface area (Å²) in [6.07, 6.45) is 5.10. The minimum atomic E-state index is -0.320. The smallest absolute Gasteiger partial charge is 0.215 e. The van der Waals surface area contributed by atoms with Gasteiger partial charge in [0.05, 0.1) is 11.2 Å². The molecule has 3 aromatic carbocycles. The summed E-state index contributed by atoms with van der Waals surface area (Å²) in [6.45, 7) is 0. The maximum atomic E-state index is 12.3. The largest absolute Gasteiger partial charge is 0.455 e. The van der Waals surface area contributed by atoms with Crippen molar-refractivity contribution in [1.82, 2.24) is 0 Å². The summed E-state index contributed by atoms with van der Waals surface area (Å²) in [5.74, 6) is 1.45. The van der Waals surface area contributed by atoms with Crippen molar-refractivity contribution in [2.45, 2.75) is 31.2 Å². The van der Waals surface area contributed by atoms with Crippen LogP contribution in [0.2, 0.25) is 0 Å². The second kappa shape index (κ2) is 7.67. The number of ether oxygens (including phenoxy) is 1. The third-order valence-corrected chi connectivity index (χ3v) is 5.40. The van der Waals surface area contributed by atoms with Crippen LogP contribution in [-0.4, -0.2) is 6.41 Å². The summed E-state index contributed by atoms with van der Waals surface area (Å²) < 4.78 is 6.13. The van der Waals surface area contributed by atoms with E-state index in [0.29, 0.717) is 5.75 Å². The van der Waals surface area contributed by atoms with Crippen LogP contribution in [0.5, 0.6) is 11.5 Å². The Kier molecular flexibility index (Phi) is 4.93. The van der Waals surface area contributed by atoms with Gasteiger partial charge in [-0.25, -0.2) is 0 Å². The number of carbonyl (C=O) groups excluding carboxylic acids is 1. The van der Waals surface area contributed by atoms with Crippen molar-refractivity contribution in [3.8, 4) is 11.5 Å². The van der Waals surface area contributed by atoms with Crippen LogP contribution in [0.4, 0.5) is 5.69 Å². The number of nitrogens with zero attached hydrogens (tertiary/aromatic N) is 1. The Hall–Kier alpha value is -3.07. The van der Waals surface area contributed by atoms with E-state index in [1.54, 1.807) is 0 Å². The lowest BCUT2D eigenvalue weighted by molar-refractivity contribution is -0.108. The maximum Gasteiger partial charge on any atom is 0.215 e. The summed E-state index contributed by atoms with van der Waals surface area (Å²) in [7, 11) is 0. The van der Waals surface area contributed by atoms with Gasteiger partial charge in [-0.15, -0.1) is 0 Å². The van der Waals surface area contributed by atoms with E-state index in [4.69, 9.17) is 4.74 Å². The lowest BCUT2D eigenvalue weighted by atomic mass is 9.86. The predicted octanol–water partition coefficient (Wildman–Crippen LogP) is 5.91. The number of carbonyl (C=O) groups is 1. The van der Waals surface area contributed by atoms with Gasteiger partial charge in [-0.2, -0.15) is 0 Å². The van der Waals surface area contributed by atoms with Gasteiger partial charge >= 0.3 is 0 Å². The van der Waals surface area contributed by atoms with Crippen molar-refractivity contribution in [2.24, 2.45) is 0 Å². The van der Waals surface area contributed by atoms with E-state index in [0.717, 1.165) is 43.5 Å². The summed E-state index contributed by atoms with van der Waals surface area (Å²) in [6, 6.07) is 27.8. The van der Waals surface area contributed by atoms with Crippen molar-refractivity contribution in [1.29, 1.82) is 0 Å². The molecule has 0 spiro atoms.